The van der Waals surface area contributed by atoms with E-state index >= 15 is 0 Å². The third-order valence-electron chi connectivity index (χ3n) is 5.51. The van der Waals surface area contributed by atoms with Crippen molar-refractivity contribution in [2.45, 2.75) is 44.6 Å². The summed E-state index contributed by atoms with van der Waals surface area (Å²) in [5.74, 6) is 0.286. The van der Waals surface area contributed by atoms with Gasteiger partial charge in [0.1, 0.15) is 17.2 Å². The highest BCUT2D eigenvalue weighted by atomic mass is 32.2. The number of amides is 1. The number of hydrogen-bond donors (Lipinski definition) is 1. The van der Waals surface area contributed by atoms with E-state index in [1.807, 2.05) is 31.2 Å². The minimum Gasteiger partial charge on any atom is -0.492 e. The normalized spacial score (nSPS) is 14.6. The number of benzene rings is 2. The number of ether oxygens (including phenoxy) is 1. The highest BCUT2D eigenvalue weighted by molar-refractivity contribution is 7.89. The van der Waals surface area contributed by atoms with Crippen molar-refractivity contribution in [2.75, 3.05) is 25.0 Å². The summed E-state index contributed by atoms with van der Waals surface area (Å²) in [6.07, 6.45) is 2.67. The van der Waals surface area contributed by atoms with Crippen LogP contribution in [0.1, 0.15) is 31.7 Å². The first-order valence-electron chi connectivity index (χ1n) is 11.3. The molecule has 1 amide bonds. The zero-order chi connectivity index (χ0) is 24.1. The van der Waals surface area contributed by atoms with Gasteiger partial charge in [-0.2, -0.15) is 9.10 Å². The molecule has 1 aliphatic heterocycles. The molecule has 0 spiro atoms. The molecule has 2 aromatic carbocycles. The Bertz CT molecular complexity index is 1250. The van der Waals surface area contributed by atoms with Crippen LogP contribution >= 0.6 is 0 Å². The summed E-state index contributed by atoms with van der Waals surface area (Å²) in [6, 6.07) is 12.3. The molecule has 180 valence electrons. The third-order valence-corrected chi connectivity index (χ3v) is 7.43. The highest BCUT2D eigenvalue weighted by Gasteiger charge is 2.29. The smallest absolute Gasteiger partial charge is 0.248 e. The molecule has 0 atom stereocenters. The fourth-order valence-electron chi connectivity index (χ4n) is 3.76. The number of tetrazole rings is 1. The van der Waals surface area contributed by atoms with Crippen molar-refractivity contribution in [3.05, 3.63) is 48.0 Å². The van der Waals surface area contributed by atoms with Crippen molar-refractivity contribution in [3.63, 3.8) is 0 Å². The van der Waals surface area contributed by atoms with Crippen molar-refractivity contribution >= 4 is 21.6 Å². The second-order valence-electron chi connectivity index (χ2n) is 8.12. The van der Waals surface area contributed by atoms with Crippen LogP contribution in [0.15, 0.2) is 47.4 Å². The van der Waals surface area contributed by atoms with Crippen molar-refractivity contribution in [2.24, 2.45) is 0 Å². The molecule has 3 aromatic rings. The molecule has 10 nitrogen and oxygen atoms in total. The number of sulfonamides is 1. The molecule has 1 fully saturated rings. The molecule has 1 saturated heterocycles. The summed E-state index contributed by atoms with van der Waals surface area (Å²) >= 11 is 0. The predicted octanol–water partition coefficient (Wildman–Crippen LogP) is 2.86. The van der Waals surface area contributed by atoms with E-state index in [0.717, 1.165) is 30.4 Å². The van der Waals surface area contributed by atoms with E-state index in [-0.39, 0.29) is 17.2 Å². The summed E-state index contributed by atoms with van der Waals surface area (Å²) in [6.45, 7) is 4.90. The quantitative estimate of drug-likeness (QED) is 0.522. The monoisotopic (exact) mass is 484 g/mol. The number of anilines is 1. The lowest BCUT2D eigenvalue weighted by Gasteiger charge is -2.27. The van der Waals surface area contributed by atoms with Gasteiger partial charge in [0.15, 0.2) is 0 Å². The molecule has 0 saturated carbocycles. The Morgan fingerprint density at radius 3 is 2.53 bits per heavy atom. The van der Waals surface area contributed by atoms with Crippen molar-refractivity contribution in [3.8, 4) is 17.1 Å². The standard InChI is InChI=1S/C23H28N6O4S/c1-3-33-20-12-11-19(15-21(20)34(31,32)28-13-5-4-6-14-28)24-22(30)16-29-26-23(25-27-29)18-9-7-17(2)8-10-18/h7-12,15H,3-6,13-14,16H2,1-2H3,(H,24,30). The Morgan fingerprint density at radius 2 is 1.82 bits per heavy atom. The third kappa shape index (κ3) is 5.42. The molecule has 1 N–H and O–H groups in total. The van der Waals surface area contributed by atoms with Gasteiger partial charge in [0.2, 0.25) is 21.8 Å². The first-order valence-corrected chi connectivity index (χ1v) is 12.7. The van der Waals surface area contributed by atoms with E-state index in [2.05, 4.69) is 20.7 Å². The van der Waals surface area contributed by atoms with Gasteiger partial charge in [-0.1, -0.05) is 36.2 Å². The molecular formula is C23H28N6O4S. The number of piperidine rings is 1. The van der Waals surface area contributed by atoms with E-state index in [9.17, 15) is 13.2 Å². The van der Waals surface area contributed by atoms with Crippen LogP contribution in [0.3, 0.4) is 0 Å². The van der Waals surface area contributed by atoms with Gasteiger partial charge < -0.3 is 10.1 Å². The van der Waals surface area contributed by atoms with Crippen LogP contribution in [0.2, 0.25) is 0 Å². The van der Waals surface area contributed by atoms with Crippen LogP contribution in [0, 0.1) is 6.92 Å². The molecule has 0 aliphatic carbocycles. The van der Waals surface area contributed by atoms with E-state index in [1.54, 1.807) is 19.1 Å². The molecule has 4 rings (SSSR count). The average Bonchev–Trinajstić information content (AvgIpc) is 3.29. The van der Waals surface area contributed by atoms with Crippen LogP contribution in [0.4, 0.5) is 5.69 Å². The Balaban J connectivity index is 1.49. The van der Waals surface area contributed by atoms with Gasteiger partial charge in [0, 0.05) is 24.3 Å². The molecule has 0 radical (unpaired) electrons. The predicted molar refractivity (Wildman–Crippen MR) is 127 cm³/mol. The van der Waals surface area contributed by atoms with Gasteiger partial charge in [0.05, 0.1) is 6.61 Å². The lowest BCUT2D eigenvalue weighted by molar-refractivity contribution is -0.117. The molecule has 34 heavy (non-hydrogen) atoms. The van der Waals surface area contributed by atoms with Gasteiger partial charge in [-0.15, -0.1) is 10.2 Å². The molecule has 0 bridgehead atoms. The average molecular weight is 485 g/mol. The summed E-state index contributed by atoms with van der Waals surface area (Å²) in [4.78, 5) is 13.9. The summed E-state index contributed by atoms with van der Waals surface area (Å²) in [5, 5.41) is 14.9. The molecule has 1 aromatic heterocycles. The Morgan fingerprint density at radius 1 is 1.09 bits per heavy atom. The van der Waals surface area contributed by atoms with E-state index in [0.29, 0.717) is 31.2 Å². The first kappa shape index (κ1) is 23.8. The number of carbonyl (C=O) groups is 1. The van der Waals surface area contributed by atoms with Crippen LogP contribution in [-0.4, -0.2) is 58.5 Å². The maximum Gasteiger partial charge on any atom is 0.248 e. The van der Waals surface area contributed by atoms with Crippen LogP contribution in [0.5, 0.6) is 5.75 Å². The minimum atomic E-state index is -3.75. The summed E-state index contributed by atoms with van der Waals surface area (Å²) < 4.78 is 33.6. The number of aryl methyl sites for hydroxylation is 1. The van der Waals surface area contributed by atoms with E-state index in [1.165, 1.54) is 15.2 Å². The number of rotatable bonds is 8. The number of carbonyl (C=O) groups excluding carboxylic acids is 1. The van der Waals surface area contributed by atoms with Crippen molar-refractivity contribution in [1.29, 1.82) is 0 Å². The van der Waals surface area contributed by atoms with E-state index in [4.69, 9.17) is 4.74 Å². The van der Waals surface area contributed by atoms with Gasteiger partial charge >= 0.3 is 0 Å². The zero-order valence-electron chi connectivity index (χ0n) is 19.3. The second kappa shape index (κ2) is 10.3. The fourth-order valence-corrected chi connectivity index (χ4v) is 5.44. The van der Waals surface area contributed by atoms with Gasteiger partial charge in [-0.3, -0.25) is 4.79 Å². The molecule has 2 heterocycles. The zero-order valence-corrected chi connectivity index (χ0v) is 20.1. The Kier molecular flexibility index (Phi) is 7.23. The van der Waals surface area contributed by atoms with Gasteiger partial charge in [0.25, 0.3) is 0 Å². The minimum absolute atomic E-state index is 0.0505. The largest absolute Gasteiger partial charge is 0.492 e. The molecule has 0 unspecified atom stereocenters. The Labute approximate surface area is 199 Å². The maximum absolute atomic E-state index is 13.3. The van der Waals surface area contributed by atoms with Crippen LogP contribution in [0.25, 0.3) is 11.4 Å². The SMILES string of the molecule is CCOc1ccc(NC(=O)Cn2nnc(-c3ccc(C)cc3)n2)cc1S(=O)(=O)N1CCCCC1. The lowest BCUT2D eigenvalue weighted by Crippen LogP contribution is -2.35. The number of nitrogens with zero attached hydrogens (tertiary/aromatic N) is 5. The topological polar surface area (TPSA) is 119 Å². The number of nitrogens with one attached hydrogen (secondary N) is 1. The second-order valence-corrected chi connectivity index (χ2v) is 10.0. The highest BCUT2D eigenvalue weighted by Crippen LogP contribution is 2.31. The van der Waals surface area contributed by atoms with Crippen LogP contribution in [-0.2, 0) is 21.4 Å². The lowest BCUT2D eigenvalue weighted by atomic mass is 10.1. The summed E-state index contributed by atoms with van der Waals surface area (Å²) in [5.41, 5.74) is 2.27. The van der Waals surface area contributed by atoms with Crippen molar-refractivity contribution < 1.29 is 17.9 Å². The number of hydrogen-bond acceptors (Lipinski definition) is 7. The Hall–Kier alpha value is -3.31. The fraction of sp³-hybridized carbons (Fsp3) is 0.391. The van der Waals surface area contributed by atoms with E-state index < -0.39 is 15.9 Å². The molecule has 1 aliphatic rings. The number of aromatic nitrogens is 4. The van der Waals surface area contributed by atoms with Gasteiger partial charge in [-0.25, -0.2) is 8.42 Å². The van der Waals surface area contributed by atoms with Crippen molar-refractivity contribution in [1.82, 2.24) is 24.5 Å². The van der Waals surface area contributed by atoms with Gasteiger partial charge in [-0.05, 0) is 50.1 Å². The summed E-state index contributed by atoms with van der Waals surface area (Å²) in [7, 11) is -3.75. The molecule has 11 heteroatoms. The maximum atomic E-state index is 13.3. The first-order chi connectivity index (χ1) is 16.4. The van der Waals surface area contributed by atoms with Crippen LogP contribution < -0.4 is 10.1 Å². The molecular weight excluding hydrogens is 456 g/mol.